The molecule has 0 spiro atoms. The summed E-state index contributed by atoms with van der Waals surface area (Å²) < 4.78 is 13.0. The summed E-state index contributed by atoms with van der Waals surface area (Å²) in [5.74, 6) is 1.18. The molecule has 1 aliphatic carbocycles. The summed E-state index contributed by atoms with van der Waals surface area (Å²) in [7, 11) is 3.43. The zero-order valence-corrected chi connectivity index (χ0v) is 12.9. The van der Waals surface area contributed by atoms with E-state index in [1.165, 1.54) is 6.42 Å². The van der Waals surface area contributed by atoms with Gasteiger partial charge in [-0.15, -0.1) is 0 Å². The van der Waals surface area contributed by atoms with E-state index in [1.54, 1.807) is 18.0 Å². The van der Waals surface area contributed by atoms with Crippen LogP contribution in [-0.2, 0) is 11.8 Å². The molecule has 20 heavy (non-hydrogen) atoms. The first-order chi connectivity index (χ1) is 9.54. The molecule has 0 amide bonds. The third-order valence-corrected chi connectivity index (χ3v) is 4.35. The van der Waals surface area contributed by atoms with Crippen LogP contribution >= 0.6 is 0 Å². The van der Waals surface area contributed by atoms with Gasteiger partial charge in [-0.05, 0) is 25.7 Å². The molecule has 1 N–H and O–H groups in total. The van der Waals surface area contributed by atoms with Gasteiger partial charge in [-0.2, -0.15) is 5.10 Å². The summed E-state index contributed by atoms with van der Waals surface area (Å²) in [6.07, 6.45) is 4.96. The molecule has 1 fully saturated rings. The minimum absolute atomic E-state index is 0.520. The highest BCUT2D eigenvalue weighted by Gasteiger charge is 2.45. The summed E-state index contributed by atoms with van der Waals surface area (Å²) in [6.45, 7) is 4.80. The lowest BCUT2D eigenvalue weighted by Crippen LogP contribution is -2.44. The van der Waals surface area contributed by atoms with Gasteiger partial charge in [-0.25, -0.2) is 0 Å². The lowest BCUT2D eigenvalue weighted by molar-refractivity contribution is -0.152. The Hall–Kier alpha value is -1.07. The Balaban J connectivity index is 2.35. The van der Waals surface area contributed by atoms with E-state index in [1.807, 2.05) is 14.0 Å². The Bertz CT molecular complexity index is 442. The fourth-order valence-electron chi connectivity index (χ4n) is 3.43. The first-order valence-electron chi connectivity index (χ1n) is 7.42. The van der Waals surface area contributed by atoms with Crippen molar-refractivity contribution in [2.75, 3.05) is 13.7 Å². The number of aliphatic hydroxyl groups is 1. The van der Waals surface area contributed by atoms with Crippen molar-refractivity contribution in [1.82, 2.24) is 9.78 Å². The third-order valence-electron chi connectivity index (χ3n) is 4.35. The zero-order valence-electron chi connectivity index (χ0n) is 12.9. The Morgan fingerprint density at radius 2 is 2.35 bits per heavy atom. The number of methoxy groups -OCH3 is 1. The number of nitrogens with zero attached hydrogens (tertiary/aromatic N) is 2. The van der Waals surface area contributed by atoms with Gasteiger partial charge < -0.3 is 14.6 Å². The van der Waals surface area contributed by atoms with Crippen molar-refractivity contribution in [3.05, 3.63) is 11.9 Å². The molecule has 0 aliphatic heterocycles. The van der Waals surface area contributed by atoms with E-state index in [0.29, 0.717) is 24.0 Å². The molecule has 3 atom stereocenters. The van der Waals surface area contributed by atoms with Gasteiger partial charge in [0.15, 0.2) is 5.75 Å². The predicted octanol–water partition coefficient (Wildman–Crippen LogP) is 2.45. The number of hydrogen-bond donors (Lipinski definition) is 1. The maximum Gasteiger partial charge on any atom is 0.162 e. The molecule has 0 aromatic carbocycles. The second kappa shape index (κ2) is 6.14. The van der Waals surface area contributed by atoms with Crippen molar-refractivity contribution in [2.45, 2.75) is 51.2 Å². The van der Waals surface area contributed by atoms with Crippen molar-refractivity contribution in [2.24, 2.45) is 13.0 Å². The van der Waals surface area contributed by atoms with Crippen LogP contribution in [0.3, 0.4) is 0 Å². The average Bonchev–Trinajstić information content (AvgIpc) is 2.79. The van der Waals surface area contributed by atoms with Crippen LogP contribution in [0.4, 0.5) is 0 Å². The SMILES string of the molecule is CCOC1(C(O)c2c(OC)cnn2C)CCCC(C)C1. The molecule has 3 unspecified atom stereocenters. The van der Waals surface area contributed by atoms with E-state index in [-0.39, 0.29) is 0 Å². The second-order valence-corrected chi connectivity index (χ2v) is 5.82. The molecule has 0 bridgehead atoms. The first-order valence-corrected chi connectivity index (χ1v) is 7.42. The summed E-state index contributed by atoms with van der Waals surface area (Å²) in [5.41, 5.74) is 0.183. The van der Waals surface area contributed by atoms with Crippen LogP contribution in [0, 0.1) is 5.92 Å². The summed E-state index contributed by atoms with van der Waals surface area (Å²) in [4.78, 5) is 0. The molecule has 2 rings (SSSR count). The predicted molar refractivity (Wildman–Crippen MR) is 76.7 cm³/mol. The van der Waals surface area contributed by atoms with E-state index >= 15 is 0 Å². The van der Waals surface area contributed by atoms with Crippen molar-refractivity contribution in [1.29, 1.82) is 0 Å². The number of aryl methyl sites for hydroxylation is 1. The molecule has 0 saturated heterocycles. The molecule has 1 aromatic rings. The van der Waals surface area contributed by atoms with Crippen LogP contribution in [0.2, 0.25) is 0 Å². The topological polar surface area (TPSA) is 56.5 Å². The van der Waals surface area contributed by atoms with Crippen LogP contribution in [-0.4, -0.2) is 34.2 Å². The van der Waals surface area contributed by atoms with Gasteiger partial charge in [-0.1, -0.05) is 19.8 Å². The smallest absolute Gasteiger partial charge is 0.162 e. The Morgan fingerprint density at radius 1 is 1.60 bits per heavy atom. The van der Waals surface area contributed by atoms with Crippen LogP contribution in [0.25, 0.3) is 0 Å². The Kier molecular flexibility index (Phi) is 4.70. The summed E-state index contributed by atoms with van der Waals surface area (Å²) in [6, 6.07) is 0. The molecular formula is C15H26N2O3. The van der Waals surface area contributed by atoms with E-state index in [0.717, 1.165) is 19.3 Å². The number of aromatic nitrogens is 2. The maximum atomic E-state index is 11.0. The van der Waals surface area contributed by atoms with E-state index in [2.05, 4.69) is 12.0 Å². The first kappa shape index (κ1) is 15.3. The van der Waals surface area contributed by atoms with Crippen LogP contribution in [0.1, 0.15) is 51.3 Å². The number of rotatable bonds is 5. The van der Waals surface area contributed by atoms with Gasteiger partial charge in [0.1, 0.15) is 17.4 Å². The number of aliphatic hydroxyl groups excluding tert-OH is 1. The van der Waals surface area contributed by atoms with Crippen molar-refractivity contribution in [3.63, 3.8) is 0 Å². The quantitative estimate of drug-likeness (QED) is 0.901. The van der Waals surface area contributed by atoms with Gasteiger partial charge in [0, 0.05) is 13.7 Å². The molecule has 1 aliphatic rings. The lowest BCUT2D eigenvalue weighted by atomic mass is 9.74. The standard InChI is InChI=1S/C15H26N2O3/c1-5-20-15(8-6-7-11(2)9-15)14(18)13-12(19-4)10-16-17(13)3/h10-11,14,18H,5-9H2,1-4H3. The van der Waals surface area contributed by atoms with Crippen molar-refractivity contribution in [3.8, 4) is 5.75 Å². The second-order valence-electron chi connectivity index (χ2n) is 5.82. The van der Waals surface area contributed by atoms with Crippen molar-refractivity contribution >= 4 is 0 Å². The minimum Gasteiger partial charge on any atom is -0.493 e. The van der Waals surface area contributed by atoms with Gasteiger partial charge in [0.25, 0.3) is 0 Å². The van der Waals surface area contributed by atoms with Gasteiger partial charge >= 0.3 is 0 Å². The highest BCUT2D eigenvalue weighted by Crippen LogP contribution is 2.45. The lowest BCUT2D eigenvalue weighted by Gasteiger charge is -2.43. The van der Waals surface area contributed by atoms with Crippen LogP contribution in [0.5, 0.6) is 5.75 Å². The van der Waals surface area contributed by atoms with E-state index in [4.69, 9.17) is 9.47 Å². The fraction of sp³-hybridized carbons (Fsp3) is 0.800. The summed E-state index contributed by atoms with van der Waals surface area (Å²) in [5, 5.41) is 15.2. The monoisotopic (exact) mass is 282 g/mol. The van der Waals surface area contributed by atoms with Gasteiger partial charge in [0.2, 0.25) is 0 Å². The fourth-order valence-corrected chi connectivity index (χ4v) is 3.43. The van der Waals surface area contributed by atoms with E-state index < -0.39 is 11.7 Å². The molecular weight excluding hydrogens is 256 g/mol. The largest absolute Gasteiger partial charge is 0.493 e. The van der Waals surface area contributed by atoms with Gasteiger partial charge in [-0.3, -0.25) is 4.68 Å². The number of hydrogen-bond acceptors (Lipinski definition) is 4. The van der Waals surface area contributed by atoms with Crippen molar-refractivity contribution < 1.29 is 14.6 Å². The molecule has 114 valence electrons. The molecule has 1 heterocycles. The zero-order chi connectivity index (χ0) is 14.8. The summed E-state index contributed by atoms with van der Waals surface area (Å²) >= 11 is 0. The van der Waals surface area contributed by atoms with Crippen LogP contribution < -0.4 is 4.74 Å². The molecule has 1 aromatic heterocycles. The minimum atomic E-state index is -0.715. The molecule has 1 saturated carbocycles. The van der Waals surface area contributed by atoms with E-state index in [9.17, 15) is 5.11 Å². The van der Waals surface area contributed by atoms with Crippen LogP contribution in [0.15, 0.2) is 6.20 Å². The van der Waals surface area contributed by atoms with Gasteiger partial charge in [0.05, 0.1) is 13.3 Å². The highest BCUT2D eigenvalue weighted by atomic mass is 16.5. The normalized spacial score (nSPS) is 28.4. The molecule has 5 nitrogen and oxygen atoms in total. The average molecular weight is 282 g/mol. The molecule has 5 heteroatoms. The third kappa shape index (κ3) is 2.69. The Labute approximate surface area is 120 Å². The number of ether oxygens (including phenoxy) is 2. The highest BCUT2D eigenvalue weighted by molar-refractivity contribution is 5.29. The molecule has 0 radical (unpaired) electrons. The Morgan fingerprint density at radius 3 is 2.95 bits per heavy atom. The maximum absolute atomic E-state index is 11.0.